The van der Waals surface area contributed by atoms with Crippen LogP contribution in [0.25, 0.3) is 0 Å². The van der Waals surface area contributed by atoms with E-state index in [1.165, 1.54) is 0 Å². The molecule has 0 amide bonds. The molecule has 0 bridgehead atoms. The number of nitrogens with one attached hydrogen (secondary N) is 2. The van der Waals surface area contributed by atoms with Gasteiger partial charge in [0, 0.05) is 19.1 Å². The van der Waals surface area contributed by atoms with Crippen LogP contribution in [0.3, 0.4) is 0 Å². The lowest BCUT2D eigenvalue weighted by Crippen LogP contribution is -2.23. The minimum absolute atomic E-state index is 0.311. The van der Waals surface area contributed by atoms with Gasteiger partial charge in [0.2, 0.25) is 0 Å². The molecule has 5 nitrogen and oxygen atoms in total. The maximum atomic E-state index is 6.10. The Morgan fingerprint density at radius 3 is 2.84 bits per heavy atom. The fourth-order valence-corrected chi connectivity index (χ4v) is 2.78. The minimum atomic E-state index is 0.311. The summed E-state index contributed by atoms with van der Waals surface area (Å²) in [5, 5.41) is 4.12. The Hall–Kier alpha value is -0.750. The zero-order chi connectivity index (χ0) is 13.8. The molecule has 1 aliphatic heterocycles. The highest BCUT2D eigenvalue weighted by Crippen LogP contribution is 2.30. The molecule has 1 aromatic heterocycles. The molecule has 4 N–H and O–H groups in total. The van der Waals surface area contributed by atoms with Crippen molar-refractivity contribution in [2.45, 2.75) is 25.9 Å². The van der Waals surface area contributed by atoms with Crippen molar-refractivity contribution < 1.29 is 4.74 Å². The van der Waals surface area contributed by atoms with Gasteiger partial charge in [0.15, 0.2) is 5.82 Å². The third-order valence-electron chi connectivity index (χ3n) is 3.35. The van der Waals surface area contributed by atoms with Crippen molar-refractivity contribution in [2.75, 3.05) is 23.9 Å². The zero-order valence-corrected chi connectivity index (χ0v) is 12.3. The van der Waals surface area contributed by atoms with Gasteiger partial charge in [-0.1, -0.05) is 30.1 Å². The normalized spacial score (nSPS) is 22.5. The van der Waals surface area contributed by atoms with E-state index in [9.17, 15) is 0 Å². The number of nitrogens with zero attached hydrogens (tertiary/aromatic N) is 1. The van der Waals surface area contributed by atoms with Crippen molar-refractivity contribution in [1.29, 1.82) is 0 Å². The Labute approximate surface area is 122 Å². The number of hydrogen-bond donors (Lipinski definition) is 3. The van der Waals surface area contributed by atoms with Gasteiger partial charge in [-0.05, 0) is 18.9 Å². The van der Waals surface area contributed by atoms with E-state index < -0.39 is 0 Å². The first-order valence-electron chi connectivity index (χ1n) is 6.33. The maximum absolute atomic E-state index is 6.10. The molecule has 0 aliphatic carbocycles. The Morgan fingerprint density at radius 2 is 2.16 bits per heavy atom. The second kappa shape index (κ2) is 6.61. The summed E-state index contributed by atoms with van der Waals surface area (Å²) < 4.78 is 5.65. The van der Waals surface area contributed by atoms with Crippen LogP contribution in [0.5, 0.6) is 0 Å². The molecule has 0 spiro atoms. The van der Waals surface area contributed by atoms with Crippen molar-refractivity contribution >= 4 is 34.8 Å². The molecule has 19 heavy (non-hydrogen) atoms. The number of halogens is 2. The van der Waals surface area contributed by atoms with Crippen LogP contribution in [0, 0.1) is 5.92 Å². The number of nitrogen functional groups attached to an aromatic ring is 1. The van der Waals surface area contributed by atoms with Gasteiger partial charge in [0.1, 0.15) is 5.82 Å². The van der Waals surface area contributed by atoms with Gasteiger partial charge >= 0.3 is 0 Å². The highest BCUT2D eigenvalue weighted by atomic mass is 35.5. The molecule has 1 saturated heterocycles. The largest absolute Gasteiger partial charge is 0.378 e. The van der Waals surface area contributed by atoms with E-state index in [1.54, 1.807) is 6.07 Å². The summed E-state index contributed by atoms with van der Waals surface area (Å²) in [7, 11) is 0. The molecule has 1 fully saturated rings. The first-order valence-corrected chi connectivity index (χ1v) is 7.09. The summed E-state index contributed by atoms with van der Waals surface area (Å²) in [5.41, 5.74) is 2.44. The van der Waals surface area contributed by atoms with Crippen molar-refractivity contribution in [3.63, 3.8) is 0 Å². The van der Waals surface area contributed by atoms with Crippen LogP contribution in [0.1, 0.15) is 19.8 Å². The van der Waals surface area contributed by atoms with Crippen LogP contribution in [0.2, 0.25) is 10.0 Å². The lowest BCUT2D eigenvalue weighted by molar-refractivity contribution is 0.0900. The number of pyridine rings is 1. The van der Waals surface area contributed by atoms with Crippen LogP contribution in [-0.2, 0) is 4.74 Å². The number of hydrazine groups is 1. The minimum Gasteiger partial charge on any atom is -0.378 e. The van der Waals surface area contributed by atoms with Gasteiger partial charge in [0.05, 0.1) is 16.1 Å². The van der Waals surface area contributed by atoms with E-state index >= 15 is 0 Å². The SMILES string of the molecule is CCC1OCCC1CNc1nc(NN)c(Cl)cc1Cl. The van der Waals surface area contributed by atoms with E-state index in [-0.39, 0.29) is 0 Å². The second-order valence-corrected chi connectivity index (χ2v) is 5.36. The lowest BCUT2D eigenvalue weighted by atomic mass is 10.00. The summed E-state index contributed by atoms with van der Waals surface area (Å²) in [6.07, 6.45) is 2.38. The summed E-state index contributed by atoms with van der Waals surface area (Å²) in [5.74, 6) is 6.81. The number of aromatic nitrogens is 1. The predicted octanol–water partition coefficient (Wildman–Crippen LogP) is 2.90. The third-order valence-corrected chi connectivity index (χ3v) is 3.92. The molecule has 2 atom stereocenters. The standard InChI is InChI=1S/C12H18Cl2N4O/c1-2-10-7(3-4-19-10)6-16-11-8(13)5-9(14)12(17-11)18-15/h5,7,10H,2-4,6,15H2,1H3,(H2,16,17,18). The van der Waals surface area contributed by atoms with Crippen LogP contribution in [-0.4, -0.2) is 24.2 Å². The van der Waals surface area contributed by atoms with E-state index in [1.807, 2.05) is 0 Å². The fraction of sp³-hybridized carbons (Fsp3) is 0.583. The predicted molar refractivity (Wildman–Crippen MR) is 78.7 cm³/mol. The monoisotopic (exact) mass is 304 g/mol. The van der Waals surface area contributed by atoms with E-state index in [0.717, 1.165) is 26.0 Å². The lowest BCUT2D eigenvalue weighted by Gasteiger charge is -2.18. The Balaban J connectivity index is 2.03. The van der Waals surface area contributed by atoms with Gasteiger partial charge in [-0.25, -0.2) is 10.8 Å². The van der Waals surface area contributed by atoms with Crippen LogP contribution < -0.4 is 16.6 Å². The molecule has 106 valence electrons. The van der Waals surface area contributed by atoms with Crippen LogP contribution in [0.4, 0.5) is 11.6 Å². The zero-order valence-electron chi connectivity index (χ0n) is 10.7. The molecule has 7 heteroatoms. The summed E-state index contributed by atoms with van der Waals surface area (Å²) in [4.78, 5) is 4.25. The van der Waals surface area contributed by atoms with Gasteiger partial charge in [-0.15, -0.1) is 0 Å². The summed E-state index contributed by atoms with van der Waals surface area (Å²) >= 11 is 12.0. The summed E-state index contributed by atoms with van der Waals surface area (Å²) in [6.45, 7) is 3.73. The number of hydrogen-bond acceptors (Lipinski definition) is 5. The van der Waals surface area contributed by atoms with Gasteiger partial charge in [-0.3, -0.25) is 0 Å². The Bertz CT molecular complexity index is 444. The van der Waals surface area contributed by atoms with Crippen molar-refractivity contribution in [1.82, 2.24) is 4.98 Å². The number of anilines is 2. The molecule has 0 aromatic carbocycles. The first kappa shape index (κ1) is 14.7. The van der Waals surface area contributed by atoms with Gasteiger partial charge < -0.3 is 15.5 Å². The van der Waals surface area contributed by atoms with Gasteiger partial charge in [-0.2, -0.15) is 0 Å². The van der Waals surface area contributed by atoms with Gasteiger partial charge in [0.25, 0.3) is 0 Å². The first-order chi connectivity index (χ1) is 9.15. The van der Waals surface area contributed by atoms with Crippen molar-refractivity contribution in [3.8, 4) is 0 Å². The Kier molecular flexibility index (Phi) is 5.10. The highest BCUT2D eigenvalue weighted by Gasteiger charge is 2.26. The quantitative estimate of drug-likeness (QED) is 0.576. The molecule has 2 heterocycles. The average molecular weight is 305 g/mol. The smallest absolute Gasteiger partial charge is 0.161 e. The van der Waals surface area contributed by atoms with Crippen molar-refractivity contribution in [3.05, 3.63) is 16.1 Å². The fourth-order valence-electron chi connectivity index (χ4n) is 2.30. The number of nitrogens with two attached hydrogens (primary N) is 1. The highest BCUT2D eigenvalue weighted by molar-refractivity contribution is 6.37. The molecule has 1 aliphatic rings. The topological polar surface area (TPSA) is 72.2 Å². The van der Waals surface area contributed by atoms with Crippen LogP contribution >= 0.6 is 23.2 Å². The molecular weight excluding hydrogens is 287 g/mol. The second-order valence-electron chi connectivity index (χ2n) is 4.54. The van der Waals surface area contributed by atoms with E-state index in [2.05, 4.69) is 22.7 Å². The average Bonchev–Trinajstić information content (AvgIpc) is 2.85. The molecule has 2 unspecified atom stereocenters. The third kappa shape index (κ3) is 3.42. The van der Waals surface area contributed by atoms with E-state index in [4.69, 9.17) is 33.8 Å². The molecule has 1 aromatic rings. The molecule has 0 saturated carbocycles. The van der Waals surface area contributed by atoms with E-state index in [0.29, 0.717) is 33.7 Å². The molecule has 0 radical (unpaired) electrons. The molecule has 2 rings (SSSR count). The number of ether oxygens (including phenoxy) is 1. The van der Waals surface area contributed by atoms with Crippen LogP contribution in [0.15, 0.2) is 6.07 Å². The summed E-state index contributed by atoms with van der Waals surface area (Å²) in [6, 6.07) is 1.62. The molecular formula is C12H18Cl2N4O. The van der Waals surface area contributed by atoms with Crippen molar-refractivity contribution in [2.24, 2.45) is 11.8 Å². The maximum Gasteiger partial charge on any atom is 0.161 e. The number of rotatable bonds is 5. The Morgan fingerprint density at radius 1 is 1.42 bits per heavy atom.